The molecule has 1 rings (SSSR count). The highest BCUT2D eigenvalue weighted by Gasteiger charge is 2.17. The van der Waals surface area contributed by atoms with Crippen molar-refractivity contribution >= 4 is 0 Å². The first-order valence-electron chi connectivity index (χ1n) is 5.40. The quantitative estimate of drug-likeness (QED) is 0.781. The maximum atomic E-state index is 6.12. The first-order valence-corrected chi connectivity index (χ1v) is 5.40. The van der Waals surface area contributed by atoms with Crippen LogP contribution in [0.5, 0.6) is 0 Å². The van der Waals surface area contributed by atoms with Crippen LogP contribution in [0.1, 0.15) is 44.4 Å². The van der Waals surface area contributed by atoms with Crippen LogP contribution in [0, 0.1) is 0 Å². The predicted molar refractivity (Wildman–Crippen MR) is 62.4 cm³/mol. The first-order chi connectivity index (χ1) is 6.49. The molecular formula is C13H21N. The number of nitrogens with two attached hydrogens (primary N) is 1. The van der Waals surface area contributed by atoms with Crippen molar-refractivity contribution in [2.45, 2.75) is 46.1 Å². The molecular weight excluding hydrogens is 170 g/mol. The Labute approximate surface area is 87.3 Å². The molecule has 0 aliphatic carbocycles. The summed E-state index contributed by atoms with van der Waals surface area (Å²) >= 11 is 0. The molecule has 0 atom stereocenters. The van der Waals surface area contributed by atoms with Crippen LogP contribution in [0.4, 0.5) is 0 Å². The van der Waals surface area contributed by atoms with Gasteiger partial charge >= 0.3 is 0 Å². The number of hydrogen-bond donors (Lipinski definition) is 1. The van der Waals surface area contributed by atoms with Gasteiger partial charge in [-0.2, -0.15) is 0 Å². The molecule has 0 radical (unpaired) electrons. The van der Waals surface area contributed by atoms with Crippen molar-refractivity contribution in [2.24, 2.45) is 5.73 Å². The minimum atomic E-state index is -0.225. The van der Waals surface area contributed by atoms with E-state index in [9.17, 15) is 0 Å². The van der Waals surface area contributed by atoms with E-state index in [1.165, 1.54) is 16.7 Å². The average Bonchev–Trinajstić information content (AvgIpc) is 2.15. The molecule has 0 spiro atoms. The van der Waals surface area contributed by atoms with Gasteiger partial charge in [0.25, 0.3) is 0 Å². The molecule has 1 aromatic rings. The third-order valence-corrected chi connectivity index (χ3v) is 2.65. The van der Waals surface area contributed by atoms with Gasteiger partial charge in [0.2, 0.25) is 0 Å². The topological polar surface area (TPSA) is 26.0 Å². The molecule has 78 valence electrons. The molecule has 1 nitrogen and oxygen atoms in total. The van der Waals surface area contributed by atoms with Crippen molar-refractivity contribution in [3.8, 4) is 0 Å². The largest absolute Gasteiger partial charge is 0.322 e. The van der Waals surface area contributed by atoms with Crippen LogP contribution in [-0.4, -0.2) is 0 Å². The van der Waals surface area contributed by atoms with Gasteiger partial charge in [0.1, 0.15) is 0 Å². The molecule has 0 bridgehead atoms. The lowest BCUT2D eigenvalue weighted by Gasteiger charge is -2.23. The maximum absolute atomic E-state index is 6.12. The van der Waals surface area contributed by atoms with Crippen LogP contribution in [-0.2, 0) is 18.4 Å². The molecule has 0 heterocycles. The molecule has 2 N–H and O–H groups in total. The second-order valence-electron chi connectivity index (χ2n) is 4.42. The van der Waals surface area contributed by atoms with E-state index < -0.39 is 0 Å². The van der Waals surface area contributed by atoms with Crippen molar-refractivity contribution in [1.29, 1.82) is 0 Å². The Balaban J connectivity index is 3.18. The van der Waals surface area contributed by atoms with Crippen LogP contribution in [0.2, 0.25) is 0 Å². The van der Waals surface area contributed by atoms with E-state index in [0.717, 1.165) is 12.8 Å². The Morgan fingerprint density at radius 1 is 1.14 bits per heavy atom. The van der Waals surface area contributed by atoms with Crippen molar-refractivity contribution < 1.29 is 0 Å². The van der Waals surface area contributed by atoms with Crippen molar-refractivity contribution in [2.75, 3.05) is 0 Å². The Hall–Kier alpha value is -0.820. The molecule has 0 aromatic heterocycles. The van der Waals surface area contributed by atoms with Crippen LogP contribution >= 0.6 is 0 Å². The lowest BCUT2D eigenvalue weighted by molar-refractivity contribution is 0.548. The Morgan fingerprint density at radius 3 is 2.21 bits per heavy atom. The van der Waals surface area contributed by atoms with Crippen LogP contribution in [0.3, 0.4) is 0 Å². The summed E-state index contributed by atoms with van der Waals surface area (Å²) in [5, 5.41) is 0. The zero-order valence-corrected chi connectivity index (χ0v) is 9.72. The number of benzene rings is 1. The molecule has 1 aromatic carbocycles. The molecule has 0 aliphatic rings. The van der Waals surface area contributed by atoms with E-state index in [0.29, 0.717) is 0 Å². The zero-order chi connectivity index (χ0) is 10.8. The van der Waals surface area contributed by atoms with Crippen LogP contribution in [0.15, 0.2) is 18.2 Å². The fraction of sp³-hybridized carbons (Fsp3) is 0.538. The normalized spacial score (nSPS) is 11.8. The summed E-state index contributed by atoms with van der Waals surface area (Å²) < 4.78 is 0. The fourth-order valence-corrected chi connectivity index (χ4v) is 1.79. The molecule has 1 heteroatoms. The molecule has 0 saturated heterocycles. The summed E-state index contributed by atoms with van der Waals surface area (Å²) in [4.78, 5) is 0. The molecule has 0 amide bonds. The van der Waals surface area contributed by atoms with E-state index in [4.69, 9.17) is 5.73 Å². The highest BCUT2D eigenvalue weighted by atomic mass is 14.7. The van der Waals surface area contributed by atoms with Gasteiger partial charge in [-0.1, -0.05) is 32.0 Å². The van der Waals surface area contributed by atoms with Gasteiger partial charge in [0, 0.05) is 5.54 Å². The smallest absolute Gasteiger partial charge is 0.0355 e. The second kappa shape index (κ2) is 4.14. The summed E-state index contributed by atoms with van der Waals surface area (Å²) in [5.41, 5.74) is 9.96. The third kappa shape index (κ3) is 2.36. The lowest BCUT2D eigenvalue weighted by Crippen LogP contribution is -2.30. The average molecular weight is 191 g/mol. The standard InChI is InChI=1S/C13H21N/c1-5-10-7-8-12(13(3,4)14)11(6-2)9-10/h7-9H,5-6,14H2,1-4H3. The number of rotatable bonds is 3. The molecule has 14 heavy (non-hydrogen) atoms. The van der Waals surface area contributed by atoms with Gasteiger partial charge in [-0.3, -0.25) is 0 Å². The Morgan fingerprint density at radius 2 is 1.79 bits per heavy atom. The van der Waals surface area contributed by atoms with Gasteiger partial charge in [0.05, 0.1) is 0 Å². The van der Waals surface area contributed by atoms with E-state index >= 15 is 0 Å². The van der Waals surface area contributed by atoms with E-state index in [-0.39, 0.29) is 5.54 Å². The highest BCUT2D eigenvalue weighted by Crippen LogP contribution is 2.23. The van der Waals surface area contributed by atoms with Crippen molar-refractivity contribution in [3.63, 3.8) is 0 Å². The van der Waals surface area contributed by atoms with Crippen LogP contribution < -0.4 is 5.73 Å². The third-order valence-electron chi connectivity index (χ3n) is 2.65. The maximum Gasteiger partial charge on any atom is 0.0355 e. The summed E-state index contributed by atoms with van der Waals surface area (Å²) in [6.07, 6.45) is 2.15. The molecule has 0 saturated carbocycles. The minimum Gasteiger partial charge on any atom is -0.322 e. The molecule has 0 unspecified atom stereocenters. The Kier molecular flexibility index (Phi) is 3.33. The predicted octanol–water partition coefficient (Wildman–Crippen LogP) is 3.01. The molecule has 0 fully saturated rings. The summed E-state index contributed by atoms with van der Waals surface area (Å²) in [5.74, 6) is 0. The summed E-state index contributed by atoms with van der Waals surface area (Å²) in [6.45, 7) is 8.49. The number of hydrogen-bond acceptors (Lipinski definition) is 1. The van der Waals surface area contributed by atoms with E-state index in [1.54, 1.807) is 0 Å². The van der Waals surface area contributed by atoms with Gasteiger partial charge in [0.15, 0.2) is 0 Å². The first kappa shape index (κ1) is 11.3. The van der Waals surface area contributed by atoms with Crippen LogP contribution in [0.25, 0.3) is 0 Å². The van der Waals surface area contributed by atoms with Crippen molar-refractivity contribution in [1.82, 2.24) is 0 Å². The van der Waals surface area contributed by atoms with Gasteiger partial charge in [-0.05, 0) is 43.4 Å². The number of aryl methyl sites for hydroxylation is 2. The zero-order valence-electron chi connectivity index (χ0n) is 9.72. The second-order valence-corrected chi connectivity index (χ2v) is 4.42. The van der Waals surface area contributed by atoms with Gasteiger partial charge in [-0.15, -0.1) is 0 Å². The van der Waals surface area contributed by atoms with Gasteiger partial charge in [-0.25, -0.2) is 0 Å². The highest BCUT2D eigenvalue weighted by molar-refractivity contribution is 5.36. The Bertz CT molecular complexity index is 308. The van der Waals surface area contributed by atoms with E-state index in [1.807, 2.05) is 0 Å². The molecule has 0 aliphatic heterocycles. The SMILES string of the molecule is CCc1ccc(C(C)(C)N)c(CC)c1. The fourth-order valence-electron chi connectivity index (χ4n) is 1.79. The van der Waals surface area contributed by atoms with Gasteiger partial charge < -0.3 is 5.73 Å². The van der Waals surface area contributed by atoms with Crippen molar-refractivity contribution in [3.05, 3.63) is 34.9 Å². The summed E-state index contributed by atoms with van der Waals surface area (Å²) in [6, 6.07) is 6.64. The summed E-state index contributed by atoms with van der Waals surface area (Å²) in [7, 11) is 0. The monoisotopic (exact) mass is 191 g/mol. The lowest BCUT2D eigenvalue weighted by atomic mass is 9.88. The minimum absolute atomic E-state index is 0.225. The van der Waals surface area contributed by atoms with E-state index in [2.05, 4.69) is 45.9 Å².